The summed E-state index contributed by atoms with van der Waals surface area (Å²) in [6.45, 7) is -1.20. The van der Waals surface area contributed by atoms with E-state index in [-0.39, 0.29) is 6.07 Å². The summed E-state index contributed by atoms with van der Waals surface area (Å²) < 4.78 is 64.2. The molecule has 0 aliphatic carbocycles. The summed E-state index contributed by atoms with van der Waals surface area (Å²) in [5, 5.41) is 19.3. The summed E-state index contributed by atoms with van der Waals surface area (Å²) in [7, 11) is 0. The van der Waals surface area contributed by atoms with E-state index in [9.17, 15) is 32.1 Å². The number of aliphatic hydroxyl groups is 1. The fourth-order valence-electron chi connectivity index (χ4n) is 1.25. The largest absolute Gasteiger partial charge is 0.574 e. The second kappa shape index (κ2) is 5.30. The molecule has 0 aliphatic rings. The number of hydrogen-bond acceptors (Lipinski definition) is 5. The molecule has 1 aromatic rings. The lowest BCUT2D eigenvalue weighted by atomic mass is 10.1. The van der Waals surface area contributed by atoms with Crippen molar-refractivity contribution in [3.63, 3.8) is 0 Å². The van der Waals surface area contributed by atoms with E-state index in [4.69, 9.17) is 5.11 Å². The maximum absolute atomic E-state index is 12.6. The first-order valence-corrected chi connectivity index (χ1v) is 4.48. The maximum atomic E-state index is 12.6. The van der Waals surface area contributed by atoms with E-state index in [1.165, 1.54) is 0 Å². The molecule has 0 amide bonds. The first kappa shape index (κ1) is 15.0. The van der Waals surface area contributed by atoms with Gasteiger partial charge in [0.1, 0.15) is 5.56 Å². The van der Waals surface area contributed by atoms with Crippen molar-refractivity contribution in [2.45, 2.75) is 19.4 Å². The molecule has 1 heterocycles. The van der Waals surface area contributed by atoms with Crippen molar-refractivity contribution in [1.29, 1.82) is 0 Å². The standard InChI is InChI=1S/C8H5F5N2O4/c9-7(10)6-3(2-16)14-5(19-8(11,12)13)1-4(6)15(17)18/h1,7,16H,2H2. The summed E-state index contributed by atoms with van der Waals surface area (Å²) in [4.78, 5) is 12.2. The van der Waals surface area contributed by atoms with Gasteiger partial charge in [-0.1, -0.05) is 0 Å². The van der Waals surface area contributed by atoms with E-state index >= 15 is 0 Å². The van der Waals surface area contributed by atoms with Crippen LogP contribution < -0.4 is 4.74 Å². The van der Waals surface area contributed by atoms with Crippen molar-refractivity contribution in [2.75, 3.05) is 0 Å². The third kappa shape index (κ3) is 3.71. The molecule has 0 fully saturated rings. The van der Waals surface area contributed by atoms with Gasteiger partial charge >= 0.3 is 6.36 Å². The lowest BCUT2D eigenvalue weighted by Crippen LogP contribution is -2.19. The van der Waals surface area contributed by atoms with Gasteiger partial charge in [-0.2, -0.15) is 0 Å². The molecule has 19 heavy (non-hydrogen) atoms. The summed E-state index contributed by atoms with van der Waals surface area (Å²) in [5.74, 6) is -1.30. The van der Waals surface area contributed by atoms with Gasteiger partial charge < -0.3 is 9.84 Å². The second-order valence-electron chi connectivity index (χ2n) is 3.10. The van der Waals surface area contributed by atoms with Crippen LogP contribution in [-0.2, 0) is 6.61 Å². The van der Waals surface area contributed by atoms with Gasteiger partial charge in [-0.3, -0.25) is 10.1 Å². The molecule has 0 atom stereocenters. The average Bonchev–Trinajstić information content (AvgIpc) is 2.24. The smallest absolute Gasteiger partial charge is 0.390 e. The van der Waals surface area contributed by atoms with Gasteiger partial charge in [0.2, 0.25) is 5.88 Å². The molecule has 0 bridgehead atoms. The Kier molecular flexibility index (Phi) is 4.19. The highest BCUT2D eigenvalue weighted by molar-refractivity contribution is 5.46. The van der Waals surface area contributed by atoms with Crippen LogP contribution in [-0.4, -0.2) is 21.4 Å². The highest BCUT2D eigenvalue weighted by Crippen LogP contribution is 2.35. The molecular weight excluding hydrogens is 283 g/mol. The van der Waals surface area contributed by atoms with E-state index < -0.39 is 47.1 Å². The van der Waals surface area contributed by atoms with Crippen LogP contribution in [0.4, 0.5) is 27.6 Å². The van der Waals surface area contributed by atoms with E-state index in [0.29, 0.717) is 0 Å². The quantitative estimate of drug-likeness (QED) is 0.522. The Morgan fingerprint density at radius 2 is 2.05 bits per heavy atom. The number of pyridine rings is 1. The molecule has 0 saturated carbocycles. The predicted octanol–water partition coefficient (Wildman–Crippen LogP) is 2.32. The van der Waals surface area contributed by atoms with Gasteiger partial charge in [-0.15, -0.1) is 13.2 Å². The van der Waals surface area contributed by atoms with Gasteiger partial charge in [0, 0.05) is 0 Å². The van der Waals surface area contributed by atoms with Crippen molar-refractivity contribution >= 4 is 5.69 Å². The molecule has 1 rings (SSSR count). The number of rotatable bonds is 4. The topological polar surface area (TPSA) is 85.5 Å². The van der Waals surface area contributed by atoms with Gasteiger partial charge in [0.15, 0.2) is 0 Å². The Balaban J connectivity index is 3.40. The minimum atomic E-state index is -5.19. The number of aromatic nitrogens is 1. The van der Waals surface area contributed by atoms with Crippen molar-refractivity contribution < 1.29 is 36.7 Å². The van der Waals surface area contributed by atoms with Crippen LogP contribution >= 0.6 is 0 Å². The number of nitro groups is 1. The number of nitrogens with zero attached hydrogens (tertiary/aromatic N) is 2. The zero-order valence-corrected chi connectivity index (χ0v) is 8.82. The molecule has 0 aliphatic heterocycles. The SMILES string of the molecule is O=[N+]([O-])c1cc(OC(F)(F)F)nc(CO)c1C(F)F. The number of halogens is 5. The van der Waals surface area contributed by atoms with Crippen molar-refractivity contribution in [1.82, 2.24) is 4.98 Å². The number of aliphatic hydroxyl groups excluding tert-OH is 1. The van der Waals surface area contributed by atoms with Gasteiger partial charge in [0.05, 0.1) is 23.3 Å². The Labute approximate surface area is 101 Å². The van der Waals surface area contributed by atoms with Gasteiger partial charge in [-0.25, -0.2) is 13.8 Å². The summed E-state index contributed by atoms with van der Waals surface area (Å²) in [5.41, 5.74) is -3.52. The molecule has 106 valence electrons. The van der Waals surface area contributed by atoms with E-state index in [1.807, 2.05) is 0 Å². The fourth-order valence-corrected chi connectivity index (χ4v) is 1.25. The van der Waals surface area contributed by atoms with E-state index in [2.05, 4.69) is 9.72 Å². The van der Waals surface area contributed by atoms with E-state index in [1.54, 1.807) is 0 Å². The van der Waals surface area contributed by atoms with Gasteiger partial charge in [0.25, 0.3) is 12.1 Å². The molecule has 0 unspecified atom stereocenters. The molecule has 0 aromatic carbocycles. The zero-order valence-electron chi connectivity index (χ0n) is 8.82. The summed E-state index contributed by atoms with van der Waals surface area (Å²) >= 11 is 0. The van der Waals surface area contributed by atoms with Crippen LogP contribution in [0.5, 0.6) is 5.88 Å². The van der Waals surface area contributed by atoms with Crippen molar-refractivity contribution in [3.8, 4) is 5.88 Å². The fraction of sp³-hybridized carbons (Fsp3) is 0.375. The number of alkyl halides is 5. The first-order chi connectivity index (χ1) is 8.65. The van der Waals surface area contributed by atoms with Crippen LogP contribution in [0, 0.1) is 10.1 Å². The summed E-state index contributed by atoms with van der Waals surface area (Å²) in [6.07, 6.45) is -8.57. The third-order valence-electron chi connectivity index (χ3n) is 1.88. The Bertz CT molecular complexity index is 491. The van der Waals surface area contributed by atoms with Crippen molar-refractivity contribution in [3.05, 3.63) is 27.4 Å². The molecule has 1 aromatic heterocycles. The molecule has 0 radical (unpaired) electrons. The molecular formula is C8H5F5N2O4. The van der Waals surface area contributed by atoms with Crippen LogP contribution in [0.3, 0.4) is 0 Å². The molecule has 6 nitrogen and oxygen atoms in total. The Morgan fingerprint density at radius 3 is 2.42 bits per heavy atom. The summed E-state index contributed by atoms with van der Waals surface area (Å²) in [6, 6.07) is 0.119. The molecule has 0 spiro atoms. The highest BCUT2D eigenvalue weighted by atomic mass is 19.4. The predicted molar refractivity (Wildman–Crippen MR) is 48.5 cm³/mol. The first-order valence-electron chi connectivity index (χ1n) is 4.48. The Hall–Kier alpha value is -2.04. The zero-order chi connectivity index (χ0) is 14.8. The number of hydrogen-bond donors (Lipinski definition) is 1. The number of ether oxygens (including phenoxy) is 1. The lowest BCUT2D eigenvalue weighted by molar-refractivity contribution is -0.386. The molecule has 0 saturated heterocycles. The van der Waals surface area contributed by atoms with Crippen LogP contribution in [0.2, 0.25) is 0 Å². The minimum absolute atomic E-state index is 0.119. The average molecular weight is 288 g/mol. The molecule has 11 heteroatoms. The van der Waals surface area contributed by atoms with Crippen LogP contribution in [0.25, 0.3) is 0 Å². The van der Waals surface area contributed by atoms with Crippen molar-refractivity contribution in [2.24, 2.45) is 0 Å². The lowest BCUT2D eigenvalue weighted by Gasteiger charge is -2.11. The van der Waals surface area contributed by atoms with Crippen LogP contribution in [0.15, 0.2) is 6.07 Å². The molecule has 1 N–H and O–H groups in total. The van der Waals surface area contributed by atoms with Gasteiger partial charge in [-0.05, 0) is 0 Å². The van der Waals surface area contributed by atoms with Crippen LogP contribution in [0.1, 0.15) is 17.7 Å². The minimum Gasteiger partial charge on any atom is -0.390 e. The normalized spacial score (nSPS) is 11.7. The monoisotopic (exact) mass is 288 g/mol. The Morgan fingerprint density at radius 1 is 1.47 bits per heavy atom. The van der Waals surface area contributed by atoms with E-state index in [0.717, 1.165) is 0 Å². The third-order valence-corrected chi connectivity index (χ3v) is 1.88. The second-order valence-corrected chi connectivity index (χ2v) is 3.10. The highest BCUT2D eigenvalue weighted by Gasteiger charge is 2.35. The maximum Gasteiger partial charge on any atom is 0.574 e.